The number of hydrogen-bond donors (Lipinski definition) is 1. The first-order chi connectivity index (χ1) is 6.25. The highest BCUT2D eigenvalue weighted by Gasteiger charge is 2.48. The molecule has 0 spiro atoms. The Balaban J connectivity index is 1.81. The number of nitrogens with one attached hydrogen (secondary N) is 1. The maximum Gasteiger partial charge on any atom is 0.110 e. The van der Waals surface area contributed by atoms with Crippen molar-refractivity contribution in [2.45, 2.75) is 25.2 Å². The lowest BCUT2D eigenvalue weighted by atomic mass is 10.1. The fraction of sp³-hybridized carbons (Fsp3) is 0.600. The van der Waals surface area contributed by atoms with Crippen molar-refractivity contribution in [1.29, 1.82) is 0 Å². The first-order valence-corrected chi connectivity index (χ1v) is 5.55. The van der Waals surface area contributed by atoms with Crippen molar-refractivity contribution in [2.75, 3.05) is 0 Å². The zero-order valence-corrected chi connectivity index (χ0v) is 8.70. The van der Waals surface area contributed by atoms with Crippen molar-refractivity contribution in [2.24, 2.45) is 11.8 Å². The maximum absolute atomic E-state index is 6.03. The Morgan fingerprint density at radius 1 is 1.31 bits per heavy atom. The summed E-state index contributed by atoms with van der Waals surface area (Å²) >= 11 is 11.9. The number of aromatic amines is 1. The van der Waals surface area contributed by atoms with Gasteiger partial charge in [0, 0.05) is 0 Å². The van der Waals surface area contributed by atoms with Gasteiger partial charge in [0.2, 0.25) is 0 Å². The van der Waals surface area contributed by atoms with Gasteiger partial charge in [0.1, 0.15) is 10.3 Å². The highest BCUT2D eigenvalue weighted by atomic mass is 35.5. The third-order valence-electron chi connectivity index (χ3n) is 3.23. The van der Waals surface area contributed by atoms with E-state index in [1.54, 1.807) is 0 Å². The Morgan fingerprint density at radius 3 is 2.62 bits per heavy atom. The molecular weight excluding hydrogens is 205 g/mol. The minimum atomic E-state index is 0.668. The van der Waals surface area contributed by atoms with Crippen molar-refractivity contribution >= 4 is 23.2 Å². The van der Waals surface area contributed by atoms with Crippen LogP contribution in [0.4, 0.5) is 0 Å². The van der Waals surface area contributed by atoms with Gasteiger partial charge in [-0.2, -0.15) is 0 Å². The molecule has 0 radical (unpaired) electrons. The highest BCUT2D eigenvalue weighted by Crippen LogP contribution is 2.60. The number of H-pyrrole nitrogens is 1. The Morgan fingerprint density at radius 2 is 2.08 bits per heavy atom. The Kier molecular flexibility index (Phi) is 1.69. The van der Waals surface area contributed by atoms with E-state index < -0.39 is 0 Å². The van der Waals surface area contributed by atoms with E-state index in [9.17, 15) is 0 Å². The second-order valence-corrected chi connectivity index (χ2v) is 5.02. The largest absolute Gasteiger partial charge is 0.336 e. The highest BCUT2D eigenvalue weighted by molar-refractivity contribution is 6.33. The van der Waals surface area contributed by atoms with Crippen LogP contribution in [-0.4, -0.2) is 4.98 Å². The number of halogens is 2. The second kappa shape index (κ2) is 2.68. The molecule has 2 atom stereocenters. The lowest BCUT2D eigenvalue weighted by Crippen LogP contribution is -1.83. The molecular formula is C10H11Cl2N. The van der Waals surface area contributed by atoms with E-state index in [0.29, 0.717) is 11.1 Å². The lowest BCUT2D eigenvalue weighted by molar-refractivity contribution is 0.690. The van der Waals surface area contributed by atoms with Gasteiger partial charge >= 0.3 is 0 Å². The van der Waals surface area contributed by atoms with Crippen LogP contribution in [0.2, 0.25) is 10.3 Å². The average molecular weight is 216 g/mol. The first kappa shape index (κ1) is 8.19. The normalized spacial score (nSPS) is 32.2. The summed E-state index contributed by atoms with van der Waals surface area (Å²) in [6.07, 6.45) is 4.17. The van der Waals surface area contributed by atoms with Crippen LogP contribution < -0.4 is 0 Å². The molecule has 1 heterocycles. The van der Waals surface area contributed by atoms with Gasteiger partial charge in [-0.05, 0) is 48.6 Å². The van der Waals surface area contributed by atoms with Crippen molar-refractivity contribution in [3.05, 3.63) is 21.9 Å². The molecule has 13 heavy (non-hydrogen) atoms. The molecule has 2 fully saturated rings. The first-order valence-electron chi connectivity index (χ1n) is 4.79. The molecule has 1 aromatic heterocycles. The van der Waals surface area contributed by atoms with E-state index in [4.69, 9.17) is 23.2 Å². The maximum atomic E-state index is 6.03. The monoisotopic (exact) mass is 215 g/mol. The molecule has 3 heteroatoms. The predicted molar refractivity (Wildman–Crippen MR) is 54.4 cm³/mol. The molecule has 1 nitrogen and oxygen atoms in total. The topological polar surface area (TPSA) is 15.8 Å². The van der Waals surface area contributed by atoms with Crippen LogP contribution >= 0.6 is 23.2 Å². The molecule has 1 aromatic rings. The van der Waals surface area contributed by atoms with E-state index in [1.165, 1.54) is 24.8 Å². The van der Waals surface area contributed by atoms with Gasteiger partial charge in [-0.15, -0.1) is 0 Å². The van der Waals surface area contributed by atoms with Crippen molar-refractivity contribution in [1.82, 2.24) is 4.98 Å². The number of aromatic nitrogens is 1. The Hall–Kier alpha value is -0.140. The molecule has 2 aliphatic rings. The van der Waals surface area contributed by atoms with Crippen LogP contribution in [0.1, 0.15) is 30.7 Å². The molecule has 0 saturated heterocycles. The minimum Gasteiger partial charge on any atom is -0.336 e. The SMILES string of the molecule is Clc1cc(C2CC2C2CC2)c(Cl)[nH]1. The van der Waals surface area contributed by atoms with Crippen LogP contribution in [-0.2, 0) is 0 Å². The smallest absolute Gasteiger partial charge is 0.110 e. The fourth-order valence-electron chi connectivity index (χ4n) is 2.30. The number of rotatable bonds is 2. The molecule has 2 aliphatic carbocycles. The van der Waals surface area contributed by atoms with E-state index in [1.807, 2.05) is 6.07 Å². The zero-order chi connectivity index (χ0) is 9.00. The summed E-state index contributed by atoms with van der Waals surface area (Å²) in [5.74, 6) is 2.60. The van der Waals surface area contributed by atoms with Crippen LogP contribution in [0.15, 0.2) is 6.07 Å². The van der Waals surface area contributed by atoms with Gasteiger partial charge < -0.3 is 4.98 Å². The molecule has 70 valence electrons. The zero-order valence-electron chi connectivity index (χ0n) is 7.19. The molecule has 0 aliphatic heterocycles. The third-order valence-corrected chi connectivity index (χ3v) is 3.75. The van der Waals surface area contributed by atoms with E-state index in [0.717, 1.165) is 17.0 Å². The summed E-state index contributed by atoms with van der Waals surface area (Å²) in [4.78, 5) is 2.94. The van der Waals surface area contributed by atoms with Gasteiger partial charge in [0.25, 0.3) is 0 Å². The van der Waals surface area contributed by atoms with E-state index in [-0.39, 0.29) is 0 Å². The summed E-state index contributed by atoms with van der Waals surface area (Å²) in [5, 5.41) is 1.42. The van der Waals surface area contributed by atoms with Crippen LogP contribution in [0, 0.1) is 11.8 Å². The van der Waals surface area contributed by atoms with Crippen LogP contribution in [0.25, 0.3) is 0 Å². The quantitative estimate of drug-likeness (QED) is 0.773. The van der Waals surface area contributed by atoms with Crippen molar-refractivity contribution < 1.29 is 0 Å². The molecule has 0 amide bonds. The van der Waals surface area contributed by atoms with Gasteiger partial charge in [-0.1, -0.05) is 23.2 Å². The summed E-state index contributed by atoms with van der Waals surface area (Å²) in [7, 11) is 0. The van der Waals surface area contributed by atoms with Crippen molar-refractivity contribution in [3.63, 3.8) is 0 Å². The second-order valence-electron chi connectivity index (χ2n) is 4.23. The molecule has 1 N–H and O–H groups in total. The van der Waals surface area contributed by atoms with E-state index >= 15 is 0 Å². The minimum absolute atomic E-state index is 0.668. The van der Waals surface area contributed by atoms with Gasteiger partial charge in [-0.3, -0.25) is 0 Å². The van der Waals surface area contributed by atoms with Gasteiger partial charge in [0.15, 0.2) is 0 Å². The summed E-state index contributed by atoms with van der Waals surface area (Å²) in [6.45, 7) is 0. The summed E-state index contributed by atoms with van der Waals surface area (Å²) < 4.78 is 0. The lowest BCUT2D eigenvalue weighted by Gasteiger charge is -1.94. The number of hydrogen-bond acceptors (Lipinski definition) is 0. The van der Waals surface area contributed by atoms with Crippen LogP contribution in [0.3, 0.4) is 0 Å². The van der Waals surface area contributed by atoms with Crippen LogP contribution in [0.5, 0.6) is 0 Å². The standard InChI is InChI=1S/C10H11Cl2N/c11-9-4-8(10(12)13-9)7-3-6(7)5-1-2-5/h4-7,13H,1-3H2. The summed E-state index contributed by atoms with van der Waals surface area (Å²) in [5.41, 5.74) is 1.24. The Labute approximate surface area is 87.4 Å². The molecule has 3 rings (SSSR count). The molecule has 0 bridgehead atoms. The average Bonchev–Trinajstić information content (AvgIpc) is 2.94. The van der Waals surface area contributed by atoms with Crippen molar-refractivity contribution in [3.8, 4) is 0 Å². The fourth-order valence-corrected chi connectivity index (χ4v) is 2.86. The third kappa shape index (κ3) is 1.38. The van der Waals surface area contributed by atoms with E-state index in [2.05, 4.69) is 4.98 Å². The van der Waals surface area contributed by atoms with Gasteiger partial charge in [-0.25, -0.2) is 0 Å². The molecule has 2 saturated carbocycles. The predicted octanol–water partition coefficient (Wildman–Crippen LogP) is 3.84. The molecule has 0 aromatic carbocycles. The Bertz CT molecular complexity index is 341. The van der Waals surface area contributed by atoms with Gasteiger partial charge in [0.05, 0.1) is 0 Å². The summed E-state index contributed by atoms with van der Waals surface area (Å²) in [6, 6.07) is 1.98. The molecule has 2 unspecified atom stereocenters.